The van der Waals surface area contributed by atoms with Gasteiger partial charge in [0.15, 0.2) is 0 Å². The van der Waals surface area contributed by atoms with Crippen LogP contribution in [0.2, 0.25) is 0 Å². The summed E-state index contributed by atoms with van der Waals surface area (Å²) in [5.74, 6) is -1.10. The molecule has 0 aromatic heterocycles. The lowest BCUT2D eigenvalue weighted by atomic mass is 10.1. The van der Waals surface area contributed by atoms with Gasteiger partial charge in [0, 0.05) is 26.2 Å². The first-order chi connectivity index (χ1) is 8.66. The van der Waals surface area contributed by atoms with E-state index in [2.05, 4.69) is 5.32 Å². The Bertz CT molecular complexity index is 315. The van der Waals surface area contributed by atoms with Crippen LogP contribution < -0.4 is 5.32 Å². The quantitative estimate of drug-likeness (QED) is 0.714. The maximum absolute atomic E-state index is 11.7. The highest BCUT2D eigenvalue weighted by molar-refractivity contribution is 5.86. The van der Waals surface area contributed by atoms with E-state index in [9.17, 15) is 9.59 Å². The lowest BCUT2D eigenvalue weighted by Crippen LogP contribution is -2.56. The third-order valence-electron chi connectivity index (χ3n) is 3.57. The summed E-state index contributed by atoms with van der Waals surface area (Å²) in [5, 5.41) is 11.6. The molecule has 2 fully saturated rings. The van der Waals surface area contributed by atoms with Gasteiger partial charge in [0.05, 0.1) is 18.6 Å². The Hall–Kier alpha value is -1.14. The fourth-order valence-corrected chi connectivity index (χ4v) is 2.60. The van der Waals surface area contributed by atoms with Crippen LogP contribution in [0.3, 0.4) is 0 Å². The van der Waals surface area contributed by atoms with Crippen LogP contribution in [-0.2, 0) is 14.3 Å². The molecule has 2 aliphatic heterocycles. The second-order valence-electron chi connectivity index (χ2n) is 4.86. The Morgan fingerprint density at radius 1 is 1.56 bits per heavy atom. The minimum Gasteiger partial charge on any atom is -0.481 e. The van der Waals surface area contributed by atoms with Gasteiger partial charge in [-0.3, -0.25) is 14.5 Å². The molecule has 0 bridgehead atoms. The minimum atomic E-state index is -0.931. The van der Waals surface area contributed by atoms with E-state index in [1.807, 2.05) is 4.90 Å². The summed E-state index contributed by atoms with van der Waals surface area (Å²) in [6, 6.07) is -0.530. The van der Waals surface area contributed by atoms with Gasteiger partial charge in [0.25, 0.3) is 0 Å². The number of piperazine rings is 1. The number of carbonyl (C=O) groups excluding carboxylic acids is 1. The highest BCUT2D eigenvalue weighted by Gasteiger charge is 2.31. The fraction of sp³-hybridized carbons (Fsp3) is 0.833. The number of hydrogen-bond acceptors (Lipinski definition) is 4. The Morgan fingerprint density at radius 2 is 2.39 bits per heavy atom. The molecule has 0 aromatic rings. The van der Waals surface area contributed by atoms with Crippen LogP contribution in [0.25, 0.3) is 0 Å². The number of carbonyl (C=O) groups is 2. The molecule has 0 aliphatic carbocycles. The molecule has 2 aliphatic rings. The van der Waals surface area contributed by atoms with E-state index in [-0.39, 0.29) is 18.4 Å². The van der Waals surface area contributed by atoms with Crippen LogP contribution in [0.15, 0.2) is 0 Å². The van der Waals surface area contributed by atoms with E-state index >= 15 is 0 Å². The van der Waals surface area contributed by atoms with Gasteiger partial charge in [0.2, 0.25) is 5.91 Å². The summed E-state index contributed by atoms with van der Waals surface area (Å²) < 4.78 is 5.54. The normalized spacial score (nSPS) is 29.2. The van der Waals surface area contributed by atoms with Crippen molar-refractivity contribution in [3.8, 4) is 0 Å². The first-order valence-corrected chi connectivity index (χ1v) is 6.52. The first kappa shape index (κ1) is 13.3. The zero-order chi connectivity index (χ0) is 13.0. The fourth-order valence-electron chi connectivity index (χ4n) is 2.60. The van der Waals surface area contributed by atoms with Gasteiger partial charge in [-0.1, -0.05) is 0 Å². The van der Waals surface area contributed by atoms with Crippen LogP contribution in [0.5, 0.6) is 0 Å². The molecule has 2 N–H and O–H groups in total. The largest absolute Gasteiger partial charge is 0.481 e. The van der Waals surface area contributed by atoms with Gasteiger partial charge in [-0.05, 0) is 19.3 Å². The minimum absolute atomic E-state index is 0.128. The summed E-state index contributed by atoms with van der Waals surface area (Å²) in [5.41, 5.74) is 0. The summed E-state index contributed by atoms with van der Waals surface area (Å²) in [7, 11) is 0. The van der Waals surface area contributed by atoms with Crippen molar-refractivity contribution in [1.29, 1.82) is 0 Å². The highest BCUT2D eigenvalue weighted by atomic mass is 16.5. The van der Waals surface area contributed by atoms with Gasteiger partial charge in [-0.2, -0.15) is 0 Å². The van der Waals surface area contributed by atoms with E-state index in [4.69, 9.17) is 9.84 Å². The predicted molar refractivity (Wildman–Crippen MR) is 64.2 cm³/mol. The monoisotopic (exact) mass is 256 g/mol. The molecule has 0 saturated carbocycles. The smallest absolute Gasteiger partial charge is 0.305 e. The number of nitrogens with zero attached hydrogens (tertiary/aromatic N) is 1. The SMILES string of the molecule is O=C(O)CC1C(=O)NCCN1CCC1CCCO1. The van der Waals surface area contributed by atoms with Crippen molar-refractivity contribution in [2.24, 2.45) is 0 Å². The van der Waals surface area contributed by atoms with Crippen molar-refractivity contribution in [2.45, 2.75) is 37.8 Å². The van der Waals surface area contributed by atoms with Crippen LogP contribution in [-0.4, -0.2) is 60.3 Å². The average Bonchev–Trinajstić information content (AvgIpc) is 2.82. The molecule has 0 spiro atoms. The highest BCUT2D eigenvalue weighted by Crippen LogP contribution is 2.17. The standard InChI is InChI=1S/C12H20N2O4/c15-11(16)8-10-12(17)13-4-6-14(10)5-3-9-2-1-7-18-9/h9-10H,1-8H2,(H,13,17)(H,15,16). The van der Waals surface area contributed by atoms with E-state index in [0.717, 1.165) is 39.0 Å². The Morgan fingerprint density at radius 3 is 3.06 bits per heavy atom. The predicted octanol–water partition coefficient (Wildman–Crippen LogP) is -0.169. The lowest BCUT2D eigenvalue weighted by Gasteiger charge is -2.34. The summed E-state index contributed by atoms with van der Waals surface area (Å²) >= 11 is 0. The maximum atomic E-state index is 11.7. The van der Waals surface area contributed by atoms with Crippen LogP contribution in [0.4, 0.5) is 0 Å². The molecule has 2 atom stereocenters. The molecule has 2 unspecified atom stereocenters. The zero-order valence-corrected chi connectivity index (χ0v) is 10.4. The topological polar surface area (TPSA) is 78.9 Å². The third-order valence-corrected chi connectivity index (χ3v) is 3.57. The molecule has 2 saturated heterocycles. The van der Waals surface area contributed by atoms with Crippen LogP contribution in [0, 0.1) is 0 Å². The summed E-state index contributed by atoms with van der Waals surface area (Å²) in [6.45, 7) is 2.87. The van der Waals surface area contributed by atoms with E-state index in [0.29, 0.717) is 6.54 Å². The number of ether oxygens (including phenoxy) is 1. The molecule has 102 valence electrons. The molecule has 18 heavy (non-hydrogen) atoms. The number of hydrogen-bond donors (Lipinski definition) is 2. The number of rotatable bonds is 5. The third kappa shape index (κ3) is 3.43. The van der Waals surface area contributed by atoms with Crippen molar-refractivity contribution in [3.05, 3.63) is 0 Å². The molecule has 1 amide bonds. The Balaban J connectivity index is 1.86. The lowest BCUT2D eigenvalue weighted by molar-refractivity contribution is -0.143. The van der Waals surface area contributed by atoms with Gasteiger partial charge in [0.1, 0.15) is 0 Å². The van der Waals surface area contributed by atoms with E-state index < -0.39 is 12.0 Å². The van der Waals surface area contributed by atoms with Crippen molar-refractivity contribution < 1.29 is 19.4 Å². The number of amides is 1. The zero-order valence-electron chi connectivity index (χ0n) is 10.4. The van der Waals surface area contributed by atoms with Gasteiger partial charge >= 0.3 is 5.97 Å². The molecule has 6 heteroatoms. The number of nitrogens with one attached hydrogen (secondary N) is 1. The second kappa shape index (κ2) is 6.15. The van der Waals surface area contributed by atoms with Crippen molar-refractivity contribution in [1.82, 2.24) is 10.2 Å². The van der Waals surface area contributed by atoms with Gasteiger partial charge in [-0.25, -0.2) is 0 Å². The second-order valence-corrected chi connectivity index (χ2v) is 4.86. The summed E-state index contributed by atoms with van der Waals surface area (Å²) in [6.07, 6.45) is 3.20. The van der Waals surface area contributed by atoms with Crippen LogP contribution >= 0.6 is 0 Å². The van der Waals surface area contributed by atoms with Crippen LogP contribution in [0.1, 0.15) is 25.7 Å². The molecule has 0 aromatic carbocycles. The molecular formula is C12H20N2O4. The number of carboxylic acid groups (broad SMARTS) is 1. The Labute approximate surface area is 106 Å². The first-order valence-electron chi connectivity index (χ1n) is 6.52. The van der Waals surface area contributed by atoms with Crippen molar-refractivity contribution in [2.75, 3.05) is 26.2 Å². The van der Waals surface area contributed by atoms with Gasteiger partial charge < -0.3 is 15.2 Å². The molecular weight excluding hydrogens is 236 g/mol. The molecule has 2 rings (SSSR count). The number of carboxylic acids is 1. The van der Waals surface area contributed by atoms with E-state index in [1.165, 1.54) is 0 Å². The summed E-state index contributed by atoms with van der Waals surface area (Å²) in [4.78, 5) is 24.4. The molecule has 2 heterocycles. The Kier molecular flexibility index (Phi) is 4.54. The molecule has 0 radical (unpaired) electrons. The average molecular weight is 256 g/mol. The van der Waals surface area contributed by atoms with Crippen molar-refractivity contribution >= 4 is 11.9 Å². The molecule has 6 nitrogen and oxygen atoms in total. The number of aliphatic carboxylic acids is 1. The van der Waals surface area contributed by atoms with Crippen molar-refractivity contribution in [3.63, 3.8) is 0 Å². The van der Waals surface area contributed by atoms with E-state index in [1.54, 1.807) is 0 Å². The maximum Gasteiger partial charge on any atom is 0.305 e. The van der Waals surface area contributed by atoms with Gasteiger partial charge in [-0.15, -0.1) is 0 Å².